The molecule has 0 aromatic carbocycles. The predicted octanol–water partition coefficient (Wildman–Crippen LogP) is 3.29. The van der Waals surface area contributed by atoms with E-state index in [-0.39, 0.29) is 11.9 Å². The van der Waals surface area contributed by atoms with Crippen LogP contribution in [0.3, 0.4) is 0 Å². The maximum atomic E-state index is 12.3. The molecule has 118 valence electrons. The molecule has 0 unspecified atom stereocenters. The van der Waals surface area contributed by atoms with E-state index in [1.165, 1.54) is 43.4 Å². The lowest BCUT2D eigenvalue weighted by Gasteiger charge is -2.18. The Kier molecular flexibility index (Phi) is 4.52. The first-order valence-corrected chi connectivity index (χ1v) is 8.61. The summed E-state index contributed by atoms with van der Waals surface area (Å²) in [5.41, 5.74) is 0.898. The first-order chi connectivity index (χ1) is 10.6. The van der Waals surface area contributed by atoms with E-state index in [0.29, 0.717) is 11.0 Å². The molecule has 0 saturated heterocycles. The second kappa shape index (κ2) is 6.56. The summed E-state index contributed by atoms with van der Waals surface area (Å²) in [7, 11) is 0. The Morgan fingerprint density at radius 2 is 2.14 bits per heavy atom. The van der Waals surface area contributed by atoms with Crippen molar-refractivity contribution < 1.29 is 4.79 Å². The summed E-state index contributed by atoms with van der Waals surface area (Å²) in [6.45, 7) is 3.73. The number of anilines is 1. The lowest BCUT2D eigenvalue weighted by Crippen LogP contribution is -2.24. The third kappa shape index (κ3) is 3.35. The molecule has 1 aliphatic rings. The van der Waals surface area contributed by atoms with Crippen LogP contribution in [0.25, 0.3) is 0 Å². The first kappa shape index (κ1) is 15.1. The molecule has 6 nitrogen and oxygen atoms in total. The molecule has 1 saturated carbocycles. The second-order valence-corrected chi connectivity index (χ2v) is 6.89. The number of aryl methyl sites for hydroxylation is 1. The summed E-state index contributed by atoms with van der Waals surface area (Å²) < 4.78 is 1.66. The fraction of sp³-hybridized carbons (Fsp3) is 0.600. The van der Waals surface area contributed by atoms with Crippen LogP contribution in [0, 0.1) is 6.92 Å². The summed E-state index contributed by atoms with van der Waals surface area (Å²) in [5.74, 6) is 0.400. The number of carbonyl (C=O) groups is 1. The molecule has 0 radical (unpaired) electrons. The fourth-order valence-corrected chi connectivity index (χ4v) is 3.69. The van der Waals surface area contributed by atoms with E-state index in [1.54, 1.807) is 4.68 Å². The van der Waals surface area contributed by atoms with Crippen LogP contribution in [-0.2, 0) is 4.79 Å². The van der Waals surface area contributed by atoms with Crippen LogP contribution in [0.1, 0.15) is 61.7 Å². The van der Waals surface area contributed by atoms with Crippen LogP contribution in [0.2, 0.25) is 0 Å². The van der Waals surface area contributed by atoms with Crippen LogP contribution in [0.15, 0.2) is 12.3 Å². The summed E-state index contributed by atoms with van der Waals surface area (Å²) in [6.07, 6.45) is 8.03. The minimum atomic E-state index is -0.365. The Morgan fingerprint density at radius 1 is 1.36 bits per heavy atom. The maximum Gasteiger partial charge on any atom is 0.250 e. The van der Waals surface area contributed by atoms with E-state index in [1.807, 2.05) is 26.1 Å². The number of rotatable bonds is 4. The molecule has 7 heteroatoms. The van der Waals surface area contributed by atoms with Gasteiger partial charge in [-0.1, -0.05) is 30.6 Å². The lowest BCUT2D eigenvalue weighted by atomic mass is 9.90. The van der Waals surface area contributed by atoms with Crippen molar-refractivity contribution in [1.82, 2.24) is 20.0 Å². The molecule has 1 amide bonds. The molecule has 1 aliphatic carbocycles. The van der Waals surface area contributed by atoms with Gasteiger partial charge in [0, 0.05) is 12.1 Å². The first-order valence-electron chi connectivity index (χ1n) is 7.79. The van der Waals surface area contributed by atoms with Gasteiger partial charge in [-0.2, -0.15) is 5.10 Å². The quantitative estimate of drug-likeness (QED) is 0.938. The van der Waals surface area contributed by atoms with E-state index in [2.05, 4.69) is 20.6 Å². The Labute approximate surface area is 133 Å². The minimum Gasteiger partial charge on any atom is -0.299 e. The summed E-state index contributed by atoms with van der Waals surface area (Å²) in [4.78, 5) is 12.3. The van der Waals surface area contributed by atoms with E-state index in [4.69, 9.17) is 0 Å². The molecule has 1 fully saturated rings. The van der Waals surface area contributed by atoms with Crippen molar-refractivity contribution >= 4 is 22.4 Å². The number of hydrogen-bond donors (Lipinski definition) is 1. The molecule has 22 heavy (non-hydrogen) atoms. The van der Waals surface area contributed by atoms with Crippen molar-refractivity contribution in [3.63, 3.8) is 0 Å². The van der Waals surface area contributed by atoms with Crippen molar-refractivity contribution in [2.75, 3.05) is 5.32 Å². The highest BCUT2D eigenvalue weighted by Crippen LogP contribution is 2.35. The smallest absolute Gasteiger partial charge is 0.250 e. The van der Waals surface area contributed by atoms with Gasteiger partial charge in [0.25, 0.3) is 5.91 Å². The van der Waals surface area contributed by atoms with E-state index < -0.39 is 0 Å². The van der Waals surface area contributed by atoms with Gasteiger partial charge in [0.15, 0.2) is 0 Å². The average Bonchev–Trinajstić information content (AvgIpc) is 3.16. The average molecular weight is 319 g/mol. The zero-order valence-electron chi connectivity index (χ0n) is 13.0. The SMILES string of the molecule is Cc1ccn([C@@H](C)C(=O)Nc2nnc(C3CCCCC3)s2)n1. The normalized spacial score (nSPS) is 17.4. The van der Waals surface area contributed by atoms with Crippen LogP contribution in [0.5, 0.6) is 0 Å². The third-order valence-electron chi connectivity index (χ3n) is 4.14. The van der Waals surface area contributed by atoms with Gasteiger partial charge in [0.2, 0.25) is 5.13 Å². The topological polar surface area (TPSA) is 72.7 Å². The van der Waals surface area contributed by atoms with Gasteiger partial charge in [-0.25, -0.2) is 0 Å². The largest absolute Gasteiger partial charge is 0.299 e. The van der Waals surface area contributed by atoms with Gasteiger partial charge in [0.05, 0.1) is 5.69 Å². The zero-order valence-corrected chi connectivity index (χ0v) is 13.8. The molecule has 3 rings (SSSR count). The standard InChI is InChI=1S/C15H21N5OS/c1-10-8-9-20(19-10)11(2)13(21)16-15-18-17-14(22-15)12-6-4-3-5-7-12/h8-9,11-12H,3-7H2,1-2H3,(H,16,18,21)/t11-/m0/s1. The number of nitrogens with zero attached hydrogens (tertiary/aromatic N) is 4. The van der Waals surface area contributed by atoms with Crippen molar-refractivity contribution in [2.45, 2.75) is 57.9 Å². The summed E-state index contributed by atoms with van der Waals surface area (Å²) >= 11 is 1.50. The number of carbonyl (C=O) groups excluding carboxylic acids is 1. The van der Waals surface area contributed by atoms with Gasteiger partial charge in [-0.3, -0.25) is 14.8 Å². The number of amides is 1. The molecule has 2 aromatic heterocycles. The summed E-state index contributed by atoms with van der Waals surface area (Å²) in [5, 5.41) is 17.1. The fourth-order valence-electron chi connectivity index (χ4n) is 2.78. The highest BCUT2D eigenvalue weighted by molar-refractivity contribution is 7.15. The number of nitrogens with one attached hydrogen (secondary N) is 1. The Balaban J connectivity index is 1.63. The second-order valence-electron chi connectivity index (χ2n) is 5.88. The van der Waals surface area contributed by atoms with Crippen LogP contribution < -0.4 is 5.32 Å². The molecule has 0 bridgehead atoms. The Morgan fingerprint density at radius 3 is 2.82 bits per heavy atom. The monoisotopic (exact) mass is 319 g/mol. The molecule has 0 spiro atoms. The highest BCUT2D eigenvalue weighted by atomic mass is 32.1. The number of hydrogen-bond acceptors (Lipinski definition) is 5. The van der Waals surface area contributed by atoms with Gasteiger partial charge < -0.3 is 0 Å². The van der Waals surface area contributed by atoms with Crippen LogP contribution in [0.4, 0.5) is 5.13 Å². The van der Waals surface area contributed by atoms with Crippen molar-refractivity contribution in [3.05, 3.63) is 23.0 Å². The summed E-state index contributed by atoms with van der Waals surface area (Å²) in [6, 6.07) is 1.52. The molecular weight excluding hydrogens is 298 g/mol. The van der Waals surface area contributed by atoms with Crippen LogP contribution in [-0.4, -0.2) is 25.9 Å². The van der Waals surface area contributed by atoms with Crippen molar-refractivity contribution in [1.29, 1.82) is 0 Å². The van der Waals surface area contributed by atoms with E-state index in [9.17, 15) is 4.79 Å². The minimum absolute atomic E-state index is 0.116. The Hall–Kier alpha value is -1.76. The Bertz CT molecular complexity index is 644. The maximum absolute atomic E-state index is 12.3. The highest BCUT2D eigenvalue weighted by Gasteiger charge is 2.21. The van der Waals surface area contributed by atoms with E-state index in [0.717, 1.165) is 10.7 Å². The van der Waals surface area contributed by atoms with Crippen molar-refractivity contribution in [3.8, 4) is 0 Å². The van der Waals surface area contributed by atoms with Gasteiger partial charge in [-0.15, -0.1) is 10.2 Å². The molecule has 1 atom stereocenters. The van der Waals surface area contributed by atoms with E-state index >= 15 is 0 Å². The van der Waals surface area contributed by atoms with Gasteiger partial charge >= 0.3 is 0 Å². The number of aromatic nitrogens is 4. The lowest BCUT2D eigenvalue weighted by molar-refractivity contribution is -0.119. The van der Waals surface area contributed by atoms with Crippen LogP contribution >= 0.6 is 11.3 Å². The molecule has 2 heterocycles. The van der Waals surface area contributed by atoms with Gasteiger partial charge in [0.1, 0.15) is 11.0 Å². The third-order valence-corrected chi connectivity index (χ3v) is 5.14. The predicted molar refractivity (Wildman–Crippen MR) is 86.0 cm³/mol. The molecular formula is C15H21N5OS. The van der Waals surface area contributed by atoms with Crippen molar-refractivity contribution in [2.24, 2.45) is 0 Å². The zero-order chi connectivity index (χ0) is 15.5. The molecule has 1 N–H and O–H groups in total. The van der Waals surface area contributed by atoms with Gasteiger partial charge in [-0.05, 0) is 32.8 Å². The molecule has 2 aromatic rings. The molecule has 0 aliphatic heterocycles.